The summed E-state index contributed by atoms with van der Waals surface area (Å²) in [5, 5.41) is 4.08. The Kier molecular flexibility index (Phi) is 4.06. The molecule has 0 spiro atoms. The molecule has 84 valence electrons. The molecule has 1 atom stereocenters. The number of Topliss-reactive ketones (excluding diaryl/α,β-unsaturated/α-hetero) is 1. The molecule has 0 N–H and O–H groups in total. The van der Waals surface area contributed by atoms with Crippen molar-refractivity contribution < 1.29 is 4.79 Å². The first-order valence-corrected chi connectivity index (χ1v) is 5.51. The number of rotatable bonds is 5. The molecular weight excluding hydrogens is 188 g/mol. The molecule has 0 saturated heterocycles. The van der Waals surface area contributed by atoms with Gasteiger partial charge in [0.2, 0.25) is 0 Å². The van der Waals surface area contributed by atoms with Gasteiger partial charge in [0.05, 0.1) is 6.20 Å². The highest BCUT2D eigenvalue weighted by Crippen LogP contribution is 2.14. The molecule has 0 aliphatic rings. The first-order chi connectivity index (χ1) is 7.00. The van der Waals surface area contributed by atoms with Gasteiger partial charge in [-0.05, 0) is 17.9 Å². The lowest BCUT2D eigenvalue weighted by Crippen LogP contribution is -2.17. The molecule has 0 fully saturated rings. The molecule has 0 bridgehead atoms. The van der Waals surface area contributed by atoms with Crippen LogP contribution in [0.1, 0.15) is 32.8 Å². The van der Waals surface area contributed by atoms with Crippen molar-refractivity contribution in [1.82, 2.24) is 9.78 Å². The lowest BCUT2D eigenvalue weighted by molar-refractivity contribution is -0.123. The average molecular weight is 208 g/mol. The van der Waals surface area contributed by atoms with Gasteiger partial charge in [-0.1, -0.05) is 20.8 Å². The van der Waals surface area contributed by atoms with Crippen molar-refractivity contribution in [3.63, 3.8) is 0 Å². The van der Waals surface area contributed by atoms with E-state index in [9.17, 15) is 4.79 Å². The van der Waals surface area contributed by atoms with Gasteiger partial charge in [-0.3, -0.25) is 9.48 Å². The summed E-state index contributed by atoms with van der Waals surface area (Å²) in [6, 6.07) is 0. The van der Waals surface area contributed by atoms with Crippen LogP contribution in [0, 0.1) is 11.8 Å². The molecule has 0 amide bonds. The Morgan fingerprint density at radius 2 is 2.13 bits per heavy atom. The van der Waals surface area contributed by atoms with Crippen molar-refractivity contribution >= 4 is 5.78 Å². The van der Waals surface area contributed by atoms with E-state index in [1.165, 1.54) is 0 Å². The fraction of sp³-hybridized carbons (Fsp3) is 0.667. The third-order valence-electron chi connectivity index (χ3n) is 2.93. The monoisotopic (exact) mass is 208 g/mol. The molecule has 3 nitrogen and oxygen atoms in total. The fourth-order valence-corrected chi connectivity index (χ4v) is 1.47. The maximum absolute atomic E-state index is 11.7. The van der Waals surface area contributed by atoms with Gasteiger partial charge in [0.25, 0.3) is 0 Å². The number of ketones is 1. The molecule has 1 heterocycles. The lowest BCUT2D eigenvalue weighted by Gasteiger charge is -2.13. The summed E-state index contributed by atoms with van der Waals surface area (Å²) in [5.41, 5.74) is 1.14. The SMILES string of the molecule is CC(C)C(C)C(=O)CCc1cnn(C)c1. The summed E-state index contributed by atoms with van der Waals surface area (Å²) in [5.74, 6) is 0.960. The number of nitrogens with zero attached hydrogens (tertiary/aromatic N) is 2. The summed E-state index contributed by atoms with van der Waals surface area (Å²) in [7, 11) is 1.89. The highest BCUT2D eigenvalue weighted by molar-refractivity contribution is 5.81. The normalized spacial score (nSPS) is 13.1. The Hall–Kier alpha value is -1.12. The van der Waals surface area contributed by atoms with Gasteiger partial charge < -0.3 is 0 Å². The third kappa shape index (κ3) is 3.50. The molecule has 3 heteroatoms. The van der Waals surface area contributed by atoms with Crippen LogP contribution < -0.4 is 0 Å². The molecule has 0 aliphatic heterocycles. The van der Waals surface area contributed by atoms with E-state index < -0.39 is 0 Å². The molecular formula is C12H20N2O. The van der Waals surface area contributed by atoms with Crippen LogP contribution in [0.5, 0.6) is 0 Å². The van der Waals surface area contributed by atoms with E-state index in [1.807, 2.05) is 26.4 Å². The van der Waals surface area contributed by atoms with Crippen LogP contribution in [0.2, 0.25) is 0 Å². The smallest absolute Gasteiger partial charge is 0.136 e. The zero-order chi connectivity index (χ0) is 11.4. The second-order valence-corrected chi connectivity index (χ2v) is 4.52. The van der Waals surface area contributed by atoms with Gasteiger partial charge in [0.15, 0.2) is 0 Å². The summed E-state index contributed by atoms with van der Waals surface area (Å²) in [6.07, 6.45) is 5.23. The minimum Gasteiger partial charge on any atom is -0.299 e. The Morgan fingerprint density at radius 3 is 2.60 bits per heavy atom. The Bertz CT molecular complexity index is 328. The third-order valence-corrected chi connectivity index (χ3v) is 2.93. The van der Waals surface area contributed by atoms with Crippen LogP contribution in [-0.2, 0) is 18.3 Å². The highest BCUT2D eigenvalue weighted by Gasteiger charge is 2.16. The fourth-order valence-electron chi connectivity index (χ4n) is 1.47. The van der Waals surface area contributed by atoms with E-state index >= 15 is 0 Å². The average Bonchev–Trinajstić information content (AvgIpc) is 2.59. The predicted molar refractivity (Wildman–Crippen MR) is 60.5 cm³/mol. The van der Waals surface area contributed by atoms with Gasteiger partial charge >= 0.3 is 0 Å². The maximum Gasteiger partial charge on any atom is 0.136 e. The van der Waals surface area contributed by atoms with Crippen molar-refractivity contribution in [1.29, 1.82) is 0 Å². The van der Waals surface area contributed by atoms with Crippen molar-refractivity contribution in [2.45, 2.75) is 33.6 Å². The predicted octanol–water partition coefficient (Wildman–Crippen LogP) is 2.21. The van der Waals surface area contributed by atoms with E-state index in [4.69, 9.17) is 0 Å². The standard InChI is InChI=1S/C12H20N2O/c1-9(2)10(3)12(15)6-5-11-7-13-14(4)8-11/h7-10H,5-6H2,1-4H3. The Balaban J connectivity index is 2.40. The van der Waals surface area contributed by atoms with Crippen LogP contribution in [0.4, 0.5) is 0 Å². The van der Waals surface area contributed by atoms with Crippen molar-refractivity contribution in [2.24, 2.45) is 18.9 Å². The number of carbonyl (C=O) groups is 1. The number of carbonyl (C=O) groups excluding carboxylic acids is 1. The quantitative estimate of drug-likeness (QED) is 0.743. The second kappa shape index (κ2) is 5.10. The number of hydrogen-bond acceptors (Lipinski definition) is 2. The van der Waals surface area contributed by atoms with Crippen molar-refractivity contribution in [2.75, 3.05) is 0 Å². The Morgan fingerprint density at radius 1 is 1.47 bits per heavy atom. The number of hydrogen-bond donors (Lipinski definition) is 0. The van der Waals surface area contributed by atoms with Gasteiger partial charge in [-0.15, -0.1) is 0 Å². The molecule has 0 aliphatic carbocycles. The number of aromatic nitrogens is 2. The molecule has 1 aromatic rings. The molecule has 1 aromatic heterocycles. The molecule has 15 heavy (non-hydrogen) atoms. The lowest BCUT2D eigenvalue weighted by atomic mass is 9.91. The molecule has 1 unspecified atom stereocenters. The largest absolute Gasteiger partial charge is 0.299 e. The zero-order valence-electron chi connectivity index (χ0n) is 10.0. The van der Waals surface area contributed by atoms with Gasteiger partial charge in [-0.2, -0.15) is 5.10 Å². The summed E-state index contributed by atoms with van der Waals surface area (Å²) >= 11 is 0. The maximum atomic E-state index is 11.7. The number of aryl methyl sites for hydroxylation is 2. The van der Waals surface area contributed by atoms with Crippen LogP contribution >= 0.6 is 0 Å². The molecule has 0 radical (unpaired) electrons. The van der Waals surface area contributed by atoms with Crippen molar-refractivity contribution in [3.8, 4) is 0 Å². The van der Waals surface area contributed by atoms with Gasteiger partial charge in [0, 0.05) is 25.6 Å². The molecule has 0 aromatic carbocycles. The van der Waals surface area contributed by atoms with Gasteiger partial charge in [-0.25, -0.2) is 0 Å². The summed E-state index contributed by atoms with van der Waals surface area (Å²) in [4.78, 5) is 11.7. The van der Waals surface area contributed by atoms with E-state index in [-0.39, 0.29) is 5.92 Å². The Labute approximate surface area is 91.5 Å². The second-order valence-electron chi connectivity index (χ2n) is 4.52. The van der Waals surface area contributed by atoms with Crippen LogP contribution in [0.15, 0.2) is 12.4 Å². The zero-order valence-corrected chi connectivity index (χ0v) is 10.0. The minimum absolute atomic E-state index is 0.168. The molecule has 0 saturated carbocycles. The summed E-state index contributed by atoms with van der Waals surface area (Å²) < 4.78 is 1.77. The first-order valence-electron chi connectivity index (χ1n) is 5.51. The van der Waals surface area contributed by atoms with E-state index in [1.54, 1.807) is 4.68 Å². The van der Waals surface area contributed by atoms with E-state index in [0.29, 0.717) is 18.1 Å². The van der Waals surface area contributed by atoms with Crippen LogP contribution in [0.3, 0.4) is 0 Å². The summed E-state index contributed by atoms with van der Waals surface area (Å²) in [6.45, 7) is 6.19. The van der Waals surface area contributed by atoms with Gasteiger partial charge in [0.1, 0.15) is 5.78 Å². The van der Waals surface area contributed by atoms with E-state index in [2.05, 4.69) is 18.9 Å². The topological polar surface area (TPSA) is 34.9 Å². The van der Waals surface area contributed by atoms with E-state index in [0.717, 1.165) is 12.0 Å². The highest BCUT2D eigenvalue weighted by atomic mass is 16.1. The molecule has 1 rings (SSSR count). The van der Waals surface area contributed by atoms with Crippen molar-refractivity contribution in [3.05, 3.63) is 18.0 Å². The minimum atomic E-state index is 0.168. The first kappa shape index (κ1) is 12.0. The van der Waals surface area contributed by atoms with Crippen LogP contribution in [-0.4, -0.2) is 15.6 Å². The van der Waals surface area contributed by atoms with Crippen LogP contribution in [0.25, 0.3) is 0 Å².